The summed E-state index contributed by atoms with van der Waals surface area (Å²) in [6, 6.07) is 9.70. The number of amides is 1. The van der Waals surface area contributed by atoms with E-state index in [2.05, 4.69) is 17.4 Å². The summed E-state index contributed by atoms with van der Waals surface area (Å²) in [6.45, 7) is 1.71. The molecule has 1 atom stereocenters. The Morgan fingerprint density at radius 2 is 1.94 bits per heavy atom. The Morgan fingerprint density at radius 1 is 1.35 bits per heavy atom. The van der Waals surface area contributed by atoms with Crippen LogP contribution < -0.4 is 11.1 Å². The molecule has 0 saturated heterocycles. The topological polar surface area (TPSA) is 55.1 Å². The van der Waals surface area contributed by atoms with Crippen molar-refractivity contribution < 1.29 is 4.79 Å². The van der Waals surface area contributed by atoms with E-state index in [4.69, 9.17) is 5.73 Å². The zero-order valence-electron chi connectivity index (χ0n) is 9.98. The quantitative estimate of drug-likeness (QED) is 0.866. The van der Waals surface area contributed by atoms with Gasteiger partial charge in [0, 0.05) is 0 Å². The van der Waals surface area contributed by atoms with Crippen molar-refractivity contribution in [3.8, 4) is 0 Å². The van der Waals surface area contributed by atoms with E-state index in [0.29, 0.717) is 0 Å². The fourth-order valence-corrected chi connectivity index (χ4v) is 2.12. The molecule has 0 unspecified atom stereocenters. The van der Waals surface area contributed by atoms with Crippen molar-refractivity contribution in [1.82, 2.24) is 5.32 Å². The Bertz CT molecular complexity index is 374. The van der Waals surface area contributed by atoms with Crippen molar-refractivity contribution in [1.29, 1.82) is 0 Å². The molecule has 1 aliphatic carbocycles. The van der Waals surface area contributed by atoms with Crippen LogP contribution in [0.2, 0.25) is 0 Å². The third-order valence-electron chi connectivity index (χ3n) is 3.31. The molecule has 1 amide bonds. The number of nitrogens with one attached hydrogen (secondary N) is 1. The minimum Gasteiger partial charge on any atom is -0.345 e. The standard InChI is InChI=1S/C13H18N2O.ClH/c1-10(14)12(16)15-13(8-5-9-13)11-6-3-2-4-7-11;/h2-4,6-7,10H,5,8-9,14H2,1H3,(H,15,16);1H/t10-;/m0./s1. The van der Waals surface area contributed by atoms with Gasteiger partial charge in [-0.25, -0.2) is 0 Å². The van der Waals surface area contributed by atoms with Crippen LogP contribution in [-0.2, 0) is 10.3 Å². The van der Waals surface area contributed by atoms with Crippen LogP contribution in [0, 0.1) is 0 Å². The third kappa shape index (κ3) is 2.79. The fraction of sp³-hybridized carbons (Fsp3) is 0.462. The maximum absolute atomic E-state index is 11.7. The largest absolute Gasteiger partial charge is 0.345 e. The van der Waals surface area contributed by atoms with E-state index in [9.17, 15) is 4.79 Å². The van der Waals surface area contributed by atoms with Crippen molar-refractivity contribution >= 4 is 18.3 Å². The number of rotatable bonds is 3. The highest BCUT2D eigenvalue weighted by atomic mass is 35.5. The summed E-state index contributed by atoms with van der Waals surface area (Å²) in [7, 11) is 0. The lowest BCUT2D eigenvalue weighted by molar-refractivity contribution is -0.125. The summed E-state index contributed by atoms with van der Waals surface area (Å²) in [5.74, 6) is -0.0662. The van der Waals surface area contributed by atoms with Gasteiger partial charge in [-0.1, -0.05) is 30.3 Å². The molecule has 2 rings (SSSR count). The van der Waals surface area contributed by atoms with Gasteiger partial charge in [0.25, 0.3) is 0 Å². The molecule has 1 fully saturated rings. The van der Waals surface area contributed by atoms with Gasteiger partial charge in [0.2, 0.25) is 5.91 Å². The molecule has 3 N–H and O–H groups in total. The summed E-state index contributed by atoms with van der Waals surface area (Å²) in [5.41, 5.74) is 6.62. The van der Waals surface area contributed by atoms with Crippen LogP contribution in [0.3, 0.4) is 0 Å². The molecule has 1 aromatic carbocycles. The van der Waals surface area contributed by atoms with Gasteiger partial charge in [-0.2, -0.15) is 0 Å². The average Bonchev–Trinajstić information content (AvgIpc) is 2.24. The maximum Gasteiger partial charge on any atom is 0.237 e. The van der Waals surface area contributed by atoms with E-state index in [-0.39, 0.29) is 23.9 Å². The lowest BCUT2D eigenvalue weighted by Crippen LogP contribution is -2.54. The number of benzene rings is 1. The van der Waals surface area contributed by atoms with Gasteiger partial charge in [0.1, 0.15) is 0 Å². The average molecular weight is 255 g/mol. The van der Waals surface area contributed by atoms with Gasteiger partial charge in [-0.15, -0.1) is 12.4 Å². The number of carbonyl (C=O) groups excluding carboxylic acids is 1. The van der Waals surface area contributed by atoms with Crippen molar-refractivity contribution in [2.75, 3.05) is 0 Å². The highest BCUT2D eigenvalue weighted by Gasteiger charge is 2.40. The maximum atomic E-state index is 11.7. The Kier molecular flexibility index (Phi) is 4.54. The van der Waals surface area contributed by atoms with E-state index < -0.39 is 6.04 Å². The van der Waals surface area contributed by atoms with E-state index >= 15 is 0 Å². The molecule has 4 heteroatoms. The first-order chi connectivity index (χ1) is 7.64. The van der Waals surface area contributed by atoms with Gasteiger partial charge >= 0.3 is 0 Å². The van der Waals surface area contributed by atoms with E-state index in [1.165, 1.54) is 5.56 Å². The fourth-order valence-electron chi connectivity index (χ4n) is 2.12. The first kappa shape index (κ1) is 14.0. The number of halogens is 1. The van der Waals surface area contributed by atoms with Crippen molar-refractivity contribution in [2.24, 2.45) is 5.73 Å². The van der Waals surface area contributed by atoms with E-state index in [0.717, 1.165) is 19.3 Å². The number of hydrogen-bond acceptors (Lipinski definition) is 2. The Labute approximate surface area is 108 Å². The summed E-state index contributed by atoms with van der Waals surface area (Å²) in [5, 5.41) is 3.08. The van der Waals surface area contributed by atoms with Crippen LogP contribution in [0.4, 0.5) is 0 Å². The molecule has 3 nitrogen and oxygen atoms in total. The molecule has 94 valence electrons. The predicted molar refractivity (Wildman–Crippen MR) is 71.0 cm³/mol. The van der Waals surface area contributed by atoms with Gasteiger partial charge < -0.3 is 11.1 Å². The van der Waals surface area contributed by atoms with Crippen molar-refractivity contribution in [3.05, 3.63) is 35.9 Å². The molecule has 1 saturated carbocycles. The summed E-state index contributed by atoms with van der Waals surface area (Å²) >= 11 is 0. The Balaban J connectivity index is 0.00000144. The normalized spacial score (nSPS) is 18.5. The lowest BCUT2D eigenvalue weighted by Gasteiger charge is -2.43. The zero-order valence-corrected chi connectivity index (χ0v) is 10.8. The molecule has 0 aromatic heterocycles. The molecule has 1 aliphatic rings. The smallest absolute Gasteiger partial charge is 0.237 e. The van der Waals surface area contributed by atoms with Crippen LogP contribution in [-0.4, -0.2) is 11.9 Å². The Morgan fingerprint density at radius 3 is 2.35 bits per heavy atom. The molecule has 0 spiro atoms. The van der Waals surface area contributed by atoms with Crippen LogP contribution in [0.5, 0.6) is 0 Å². The van der Waals surface area contributed by atoms with Crippen LogP contribution in [0.1, 0.15) is 31.7 Å². The second-order valence-electron chi connectivity index (χ2n) is 4.58. The van der Waals surface area contributed by atoms with Gasteiger partial charge in [0.15, 0.2) is 0 Å². The molecule has 0 heterocycles. The van der Waals surface area contributed by atoms with Gasteiger partial charge in [-0.3, -0.25) is 4.79 Å². The van der Waals surface area contributed by atoms with E-state index in [1.54, 1.807) is 6.92 Å². The SMILES string of the molecule is C[C@H](N)C(=O)NC1(c2ccccc2)CCC1.Cl. The predicted octanol–water partition coefficient (Wildman–Crippen LogP) is 1.95. The minimum absolute atomic E-state index is 0. The Hall–Kier alpha value is -1.06. The van der Waals surface area contributed by atoms with Crippen LogP contribution in [0.25, 0.3) is 0 Å². The van der Waals surface area contributed by atoms with Gasteiger partial charge in [0.05, 0.1) is 11.6 Å². The van der Waals surface area contributed by atoms with Crippen molar-refractivity contribution in [2.45, 2.75) is 37.8 Å². The van der Waals surface area contributed by atoms with E-state index in [1.807, 2.05) is 18.2 Å². The molecular formula is C13H19ClN2O. The second kappa shape index (κ2) is 5.52. The number of hydrogen-bond donors (Lipinski definition) is 2. The summed E-state index contributed by atoms with van der Waals surface area (Å²) in [6.07, 6.45) is 3.18. The van der Waals surface area contributed by atoms with Crippen LogP contribution >= 0.6 is 12.4 Å². The zero-order chi connectivity index (χ0) is 11.6. The van der Waals surface area contributed by atoms with Crippen LogP contribution in [0.15, 0.2) is 30.3 Å². The molecule has 0 radical (unpaired) electrons. The molecule has 0 aliphatic heterocycles. The lowest BCUT2D eigenvalue weighted by atomic mass is 9.71. The highest BCUT2D eigenvalue weighted by molar-refractivity contribution is 5.85. The van der Waals surface area contributed by atoms with Crippen molar-refractivity contribution in [3.63, 3.8) is 0 Å². The number of nitrogens with two attached hydrogens (primary N) is 1. The minimum atomic E-state index is -0.443. The molecular weight excluding hydrogens is 236 g/mol. The molecule has 17 heavy (non-hydrogen) atoms. The second-order valence-corrected chi connectivity index (χ2v) is 4.58. The first-order valence-electron chi connectivity index (χ1n) is 5.77. The summed E-state index contributed by atoms with van der Waals surface area (Å²) in [4.78, 5) is 11.7. The highest BCUT2D eigenvalue weighted by Crippen LogP contribution is 2.41. The molecule has 0 bridgehead atoms. The first-order valence-corrected chi connectivity index (χ1v) is 5.77. The van der Waals surface area contributed by atoms with Gasteiger partial charge in [-0.05, 0) is 31.7 Å². The summed E-state index contributed by atoms with van der Waals surface area (Å²) < 4.78 is 0. The third-order valence-corrected chi connectivity index (χ3v) is 3.31. The monoisotopic (exact) mass is 254 g/mol. The number of carbonyl (C=O) groups is 1. The molecule has 1 aromatic rings.